The molecule has 188 valence electrons. The van der Waals surface area contributed by atoms with Gasteiger partial charge in [0.2, 0.25) is 0 Å². The van der Waals surface area contributed by atoms with E-state index in [1.165, 1.54) is 7.11 Å². The minimum atomic E-state index is -0.370. The largest absolute Gasteiger partial charge is 0.465 e. The third-order valence-electron chi connectivity index (χ3n) is 6.09. The molecule has 0 radical (unpaired) electrons. The number of carbonyl (C=O) groups is 1. The topological polar surface area (TPSA) is 104 Å². The maximum atomic E-state index is 12.1. The number of benzene rings is 1. The number of hydrogen-bond acceptors (Lipinski definition) is 6. The summed E-state index contributed by atoms with van der Waals surface area (Å²) in [4.78, 5) is 12.1. The Hall–Kier alpha value is -3.99. The first kappa shape index (κ1) is 25.1. The molecule has 3 aromatic heterocycles. The highest BCUT2D eigenvalue weighted by molar-refractivity contribution is 7.80. The lowest BCUT2D eigenvalue weighted by Crippen LogP contribution is -2.19. The molecule has 0 atom stereocenters. The van der Waals surface area contributed by atoms with Crippen molar-refractivity contribution >= 4 is 34.7 Å². The van der Waals surface area contributed by atoms with Crippen molar-refractivity contribution in [1.29, 1.82) is 0 Å². The van der Waals surface area contributed by atoms with Crippen LogP contribution in [0.25, 0.3) is 0 Å². The molecule has 0 aliphatic heterocycles. The van der Waals surface area contributed by atoms with Gasteiger partial charge in [0.25, 0.3) is 0 Å². The average Bonchev–Trinajstić information content (AvgIpc) is 3.53. The molecule has 11 heteroatoms. The van der Waals surface area contributed by atoms with E-state index in [4.69, 9.17) is 17.0 Å². The number of anilines is 2. The smallest absolute Gasteiger partial charge is 0.338 e. The second-order valence-corrected chi connectivity index (χ2v) is 8.84. The molecule has 0 fully saturated rings. The zero-order chi connectivity index (χ0) is 25.8. The standard InChI is InChI=1S/C25H30N8O2S/c1-6-32-17(3)20(11-27-32)13-31-15-21(12-26-31)28-25(36)29-23-16(2)30-33(18(23)4)14-19-9-7-8-10-22(19)24(34)35-5/h7-12,15H,6,13-14H2,1-5H3,(H2,28,29,36). The Morgan fingerprint density at radius 1 is 1.00 bits per heavy atom. The Bertz CT molecular complexity index is 1400. The van der Waals surface area contributed by atoms with Crippen molar-refractivity contribution in [3.05, 3.63) is 76.6 Å². The van der Waals surface area contributed by atoms with E-state index in [9.17, 15) is 4.79 Å². The van der Waals surface area contributed by atoms with Gasteiger partial charge < -0.3 is 15.4 Å². The van der Waals surface area contributed by atoms with Crippen LogP contribution in [0, 0.1) is 20.8 Å². The summed E-state index contributed by atoms with van der Waals surface area (Å²) >= 11 is 5.55. The van der Waals surface area contributed by atoms with Crippen molar-refractivity contribution < 1.29 is 9.53 Å². The van der Waals surface area contributed by atoms with Gasteiger partial charge in [0.1, 0.15) is 0 Å². The van der Waals surface area contributed by atoms with E-state index in [-0.39, 0.29) is 5.97 Å². The van der Waals surface area contributed by atoms with Gasteiger partial charge in [-0.2, -0.15) is 15.3 Å². The zero-order valence-corrected chi connectivity index (χ0v) is 21.9. The van der Waals surface area contributed by atoms with Gasteiger partial charge in [0, 0.05) is 24.0 Å². The monoisotopic (exact) mass is 506 g/mol. The summed E-state index contributed by atoms with van der Waals surface area (Å²) in [5, 5.41) is 20.4. The minimum absolute atomic E-state index is 0.370. The van der Waals surface area contributed by atoms with Crippen LogP contribution < -0.4 is 10.6 Å². The van der Waals surface area contributed by atoms with Crippen molar-refractivity contribution in [2.24, 2.45) is 0 Å². The molecule has 10 nitrogen and oxygen atoms in total. The maximum Gasteiger partial charge on any atom is 0.338 e. The fourth-order valence-electron chi connectivity index (χ4n) is 4.08. The number of carbonyl (C=O) groups excluding carboxylic acids is 1. The summed E-state index contributed by atoms with van der Waals surface area (Å²) < 4.78 is 10.6. The number of aromatic nitrogens is 6. The van der Waals surface area contributed by atoms with Crippen molar-refractivity contribution in [3.63, 3.8) is 0 Å². The first-order chi connectivity index (χ1) is 17.3. The number of methoxy groups -OCH3 is 1. The van der Waals surface area contributed by atoms with Gasteiger partial charge >= 0.3 is 5.97 Å². The summed E-state index contributed by atoms with van der Waals surface area (Å²) in [6, 6.07) is 7.36. The highest BCUT2D eigenvalue weighted by atomic mass is 32.1. The van der Waals surface area contributed by atoms with E-state index >= 15 is 0 Å². The van der Waals surface area contributed by atoms with E-state index < -0.39 is 0 Å². The highest BCUT2D eigenvalue weighted by Gasteiger charge is 2.17. The van der Waals surface area contributed by atoms with Crippen LogP contribution >= 0.6 is 12.2 Å². The van der Waals surface area contributed by atoms with Gasteiger partial charge in [-0.15, -0.1) is 0 Å². The number of nitrogens with zero attached hydrogens (tertiary/aromatic N) is 6. The predicted molar refractivity (Wildman–Crippen MR) is 142 cm³/mol. The second-order valence-electron chi connectivity index (χ2n) is 8.43. The van der Waals surface area contributed by atoms with Crippen LogP contribution in [-0.4, -0.2) is 47.5 Å². The van der Waals surface area contributed by atoms with Gasteiger partial charge in [-0.25, -0.2) is 4.79 Å². The Morgan fingerprint density at radius 3 is 2.50 bits per heavy atom. The summed E-state index contributed by atoms with van der Waals surface area (Å²) in [5.74, 6) is -0.370. The van der Waals surface area contributed by atoms with Gasteiger partial charge in [0.05, 0.1) is 60.9 Å². The van der Waals surface area contributed by atoms with E-state index in [2.05, 4.69) is 39.8 Å². The lowest BCUT2D eigenvalue weighted by molar-refractivity contribution is 0.0599. The molecule has 36 heavy (non-hydrogen) atoms. The number of hydrogen-bond donors (Lipinski definition) is 2. The van der Waals surface area contributed by atoms with Gasteiger partial charge in [0.15, 0.2) is 5.11 Å². The first-order valence-corrected chi connectivity index (χ1v) is 12.0. The lowest BCUT2D eigenvalue weighted by atomic mass is 10.1. The number of aryl methyl sites for hydroxylation is 2. The van der Waals surface area contributed by atoms with Crippen molar-refractivity contribution in [1.82, 2.24) is 29.3 Å². The highest BCUT2D eigenvalue weighted by Crippen LogP contribution is 2.22. The molecule has 0 bridgehead atoms. The van der Waals surface area contributed by atoms with E-state index in [1.807, 2.05) is 58.5 Å². The average molecular weight is 507 g/mol. The van der Waals surface area contributed by atoms with Gasteiger partial charge in [-0.05, 0) is 51.5 Å². The van der Waals surface area contributed by atoms with E-state index in [1.54, 1.807) is 12.3 Å². The number of ether oxygens (including phenoxy) is 1. The Morgan fingerprint density at radius 2 is 1.78 bits per heavy atom. The molecule has 4 aromatic rings. The predicted octanol–water partition coefficient (Wildman–Crippen LogP) is 3.91. The van der Waals surface area contributed by atoms with E-state index in [0.717, 1.165) is 46.1 Å². The summed E-state index contributed by atoms with van der Waals surface area (Å²) in [7, 11) is 1.38. The van der Waals surface area contributed by atoms with Crippen LogP contribution in [0.2, 0.25) is 0 Å². The first-order valence-electron chi connectivity index (χ1n) is 11.6. The van der Waals surface area contributed by atoms with Crippen LogP contribution in [0.3, 0.4) is 0 Å². The number of rotatable bonds is 8. The number of esters is 1. The fraction of sp³-hybridized carbons (Fsp3) is 0.320. The SMILES string of the molecule is CCn1ncc(Cn2cc(NC(=S)Nc3c(C)nn(Cc4ccccc4C(=O)OC)c3C)cn2)c1C. The Labute approximate surface area is 215 Å². The number of thiocarbonyl (C=S) groups is 1. The molecular formula is C25H30N8O2S. The molecule has 0 unspecified atom stereocenters. The summed E-state index contributed by atoms with van der Waals surface area (Å²) in [6.45, 7) is 9.91. The van der Waals surface area contributed by atoms with Crippen LogP contribution in [0.15, 0.2) is 42.9 Å². The molecule has 3 heterocycles. The zero-order valence-electron chi connectivity index (χ0n) is 21.1. The number of nitrogens with one attached hydrogen (secondary N) is 2. The third kappa shape index (κ3) is 5.30. The Kier molecular flexibility index (Phi) is 7.49. The van der Waals surface area contributed by atoms with Crippen LogP contribution in [0.1, 0.15) is 45.5 Å². The molecule has 0 aliphatic rings. The third-order valence-corrected chi connectivity index (χ3v) is 6.29. The van der Waals surface area contributed by atoms with Crippen LogP contribution in [0.4, 0.5) is 11.4 Å². The van der Waals surface area contributed by atoms with Crippen molar-refractivity contribution in [2.75, 3.05) is 17.7 Å². The lowest BCUT2D eigenvalue weighted by Gasteiger charge is -2.11. The summed E-state index contributed by atoms with van der Waals surface area (Å²) in [5.41, 5.74) is 6.90. The second kappa shape index (κ2) is 10.7. The van der Waals surface area contributed by atoms with Crippen LogP contribution in [-0.2, 0) is 24.4 Å². The summed E-state index contributed by atoms with van der Waals surface area (Å²) in [6.07, 6.45) is 5.52. The molecule has 2 N–H and O–H groups in total. The van der Waals surface area contributed by atoms with Crippen molar-refractivity contribution in [2.45, 2.75) is 47.3 Å². The van der Waals surface area contributed by atoms with Crippen LogP contribution in [0.5, 0.6) is 0 Å². The molecular weight excluding hydrogens is 476 g/mol. The molecule has 1 aromatic carbocycles. The van der Waals surface area contributed by atoms with Gasteiger partial charge in [-0.3, -0.25) is 14.0 Å². The maximum absolute atomic E-state index is 12.1. The normalized spacial score (nSPS) is 10.9. The molecule has 0 spiro atoms. The molecule has 0 saturated carbocycles. The minimum Gasteiger partial charge on any atom is -0.465 e. The molecule has 0 aliphatic carbocycles. The van der Waals surface area contributed by atoms with E-state index in [0.29, 0.717) is 23.8 Å². The molecule has 4 rings (SSSR count). The quantitative estimate of drug-likeness (QED) is 0.274. The fourth-order valence-corrected chi connectivity index (χ4v) is 4.30. The molecule has 0 amide bonds. The van der Waals surface area contributed by atoms with Gasteiger partial charge in [-0.1, -0.05) is 18.2 Å². The van der Waals surface area contributed by atoms with Crippen molar-refractivity contribution in [3.8, 4) is 0 Å². The Balaban J connectivity index is 1.43. The molecule has 0 saturated heterocycles.